The molecule has 0 saturated heterocycles. The Bertz CT molecular complexity index is 165. The molecule has 0 N–H and O–H groups in total. The number of hydrogen-bond acceptors (Lipinski definition) is 1. The molecule has 1 aliphatic heterocycles. The van der Waals surface area contributed by atoms with Gasteiger partial charge in [-0.15, -0.1) is 0 Å². The van der Waals surface area contributed by atoms with Gasteiger partial charge in [-0.05, 0) is 31.9 Å². The second-order valence-electron chi connectivity index (χ2n) is 2.53. The zero-order chi connectivity index (χ0) is 6.85. The zero-order valence-electron chi connectivity index (χ0n) is 6.14. The first kappa shape index (κ1) is 6.40. The van der Waals surface area contributed by atoms with E-state index in [1.165, 1.54) is 11.1 Å². The summed E-state index contributed by atoms with van der Waals surface area (Å²) >= 11 is 0. The standard InChI is InChI=1S/C8H12O/c1-6-4-7(2)8(3)9-5-6/h4-5,8H,1-3H3. The molecule has 1 nitrogen and oxygen atoms in total. The van der Waals surface area contributed by atoms with Crippen molar-refractivity contribution in [2.45, 2.75) is 26.9 Å². The van der Waals surface area contributed by atoms with Crippen LogP contribution in [0.15, 0.2) is 23.5 Å². The molecule has 0 radical (unpaired) electrons. The monoisotopic (exact) mass is 124 g/mol. The van der Waals surface area contributed by atoms with E-state index < -0.39 is 0 Å². The minimum absolute atomic E-state index is 0.272. The highest BCUT2D eigenvalue weighted by atomic mass is 16.5. The molecule has 0 aromatic rings. The van der Waals surface area contributed by atoms with E-state index in [0.717, 1.165) is 0 Å². The lowest BCUT2D eigenvalue weighted by molar-refractivity contribution is 0.186. The molecule has 1 unspecified atom stereocenters. The lowest BCUT2D eigenvalue weighted by Crippen LogP contribution is -2.09. The van der Waals surface area contributed by atoms with Gasteiger partial charge in [0.25, 0.3) is 0 Å². The summed E-state index contributed by atoms with van der Waals surface area (Å²) in [6.45, 7) is 6.17. The van der Waals surface area contributed by atoms with Crippen LogP contribution < -0.4 is 0 Å². The summed E-state index contributed by atoms with van der Waals surface area (Å²) in [5, 5.41) is 0. The van der Waals surface area contributed by atoms with Crippen molar-refractivity contribution in [1.82, 2.24) is 0 Å². The van der Waals surface area contributed by atoms with Crippen molar-refractivity contribution in [3.63, 3.8) is 0 Å². The van der Waals surface area contributed by atoms with Gasteiger partial charge in [0.15, 0.2) is 0 Å². The van der Waals surface area contributed by atoms with Crippen LogP contribution in [-0.4, -0.2) is 6.10 Å². The Morgan fingerprint density at radius 1 is 1.44 bits per heavy atom. The molecule has 0 amide bonds. The second kappa shape index (κ2) is 2.26. The van der Waals surface area contributed by atoms with Crippen molar-refractivity contribution in [3.8, 4) is 0 Å². The van der Waals surface area contributed by atoms with Crippen LogP contribution in [0.5, 0.6) is 0 Å². The van der Waals surface area contributed by atoms with Crippen molar-refractivity contribution in [2.75, 3.05) is 0 Å². The van der Waals surface area contributed by atoms with E-state index in [9.17, 15) is 0 Å². The van der Waals surface area contributed by atoms with Gasteiger partial charge in [-0.3, -0.25) is 0 Å². The molecule has 1 heterocycles. The average Bonchev–Trinajstić information content (AvgIpc) is 1.80. The van der Waals surface area contributed by atoms with Gasteiger partial charge in [-0.2, -0.15) is 0 Å². The van der Waals surface area contributed by atoms with Crippen molar-refractivity contribution in [2.24, 2.45) is 0 Å². The summed E-state index contributed by atoms with van der Waals surface area (Å²) in [5.74, 6) is 0. The van der Waals surface area contributed by atoms with Gasteiger partial charge in [-0.1, -0.05) is 6.08 Å². The lowest BCUT2D eigenvalue weighted by atomic mass is 10.1. The second-order valence-corrected chi connectivity index (χ2v) is 2.53. The number of hydrogen-bond donors (Lipinski definition) is 0. The predicted octanol–water partition coefficient (Wildman–Crippen LogP) is 2.26. The molecule has 0 aromatic heterocycles. The van der Waals surface area contributed by atoms with Gasteiger partial charge in [-0.25, -0.2) is 0 Å². The third-order valence-electron chi connectivity index (χ3n) is 1.55. The van der Waals surface area contributed by atoms with E-state index in [0.29, 0.717) is 0 Å². The molecule has 1 atom stereocenters. The Morgan fingerprint density at radius 2 is 2.11 bits per heavy atom. The molecule has 0 bridgehead atoms. The lowest BCUT2D eigenvalue weighted by Gasteiger charge is -2.16. The van der Waals surface area contributed by atoms with Crippen LogP contribution in [0.2, 0.25) is 0 Å². The summed E-state index contributed by atoms with van der Waals surface area (Å²) in [5.41, 5.74) is 2.50. The molecule has 0 aliphatic carbocycles. The zero-order valence-corrected chi connectivity index (χ0v) is 6.14. The smallest absolute Gasteiger partial charge is 0.116 e. The average molecular weight is 124 g/mol. The van der Waals surface area contributed by atoms with E-state index in [2.05, 4.69) is 19.9 Å². The maximum absolute atomic E-state index is 5.27. The van der Waals surface area contributed by atoms with Gasteiger partial charge >= 0.3 is 0 Å². The van der Waals surface area contributed by atoms with Gasteiger partial charge in [0.1, 0.15) is 6.10 Å². The molecule has 0 saturated carbocycles. The molecule has 0 fully saturated rings. The molecule has 9 heavy (non-hydrogen) atoms. The first-order chi connectivity index (χ1) is 4.20. The van der Waals surface area contributed by atoms with Gasteiger partial charge in [0.2, 0.25) is 0 Å². The van der Waals surface area contributed by atoms with E-state index in [1.54, 1.807) is 6.26 Å². The summed E-state index contributed by atoms with van der Waals surface area (Å²) in [7, 11) is 0. The van der Waals surface area contributed by atoms with Crippen LogP contribution in [0.25, 0.3) is 0 Å². The van der Waals surface area contributed by atoms with Crippen LogP contribution >= 0.6 is 0 Å². The third kappa shape index (κ3) is 1.35. The largest absolute Gasteiger partial charge is 0.494 e. The molecular weight excluding hydrogens is 112 g/mol. The molecular formula is C8H12O. The van der Waals surface area contributed by atoms with E-state index in [4.69, 9.17) is 4.74 Å². The predicted molar refractivity (Wildman–Crippen MR) is 38.1 cm³/mol. The van der Waals surface area contributed by atoms with Gasteiger partial charge in [0.05, 0.1) is 6.26 Å². The fraction of sp³-hybridized carbons (Fsp3) is 0.500. The first-order valence-corrected chi connectivity index (χ1v) is 3.20. The minimum Gasteiger partial charge on any atom is -0.494 e. The SMILES string of the molecule is CC1=COC(C)C(C)=C1. The summed E-state index contributed by atoms with van der Waals surface area (Å²) in [4.78, 5) is 0. The number of allylic oxidation sites excluding steroid dienone is 2. The Hall–Kier alpha value is -0.720. The summed E-state index contributed by atoms with van der Waals surface area (Å²) in [6, 6.07) is 0. The molecule has 0 spiro atoms. The highest BCUT2D eigenvalue weighted by Gasteiger charge is 2.06. The molecule has 1 aliphatic rings. The van der Waals surface area contributed by atoms with Gasteiger partial charge < -0.3 is 4.74 Å². The normalized spacial score (nSPS) is 26.3. The van der Waals surface area contributed by atoms with Crippen molar-refractivity contribution in [3.05, 3.63) is 23.5 Å². The van der Waals surface area contributed by atoms with Crippen LogP contribution in [0, 0.1) is 0 Å². The fourth-order valence-electron chi connectivity index (χ4n) is 0.827. The number of ether oxygens (including phenoxy) is 1. The van der Waals surface area contributed by atoms with E-state index >= 15 is 0 Å². The van der Waals surface area contributed by atoms with Crippen molar-refractivity contribution < 1.29 is 4.74 Å². The highest BCUT2D eigenvalue weighted by Crippen LogP contribution is 2.15. The minimum atomic E-state index is 0.272. The molecule has 1 rings (SSSR count). The third-order valence-corrected chi connectivity index (χ3v) is 1.55. The fourth-order valence-corrected chi connectivity index (χ4v) is 0.827. The van der Waals surface area contributed by atoms with Gasteiger partial charge in [0, 0.05) is 0 Å². The summed E-state index contributed by atoms with van der Waals surface area (Å²) in [6.07, 6.45) is 4.22. The summed E-state index contributed by atoms with van der Waals surface area (Å²) < 4.78 is 5.27. The number of rotatable bonds is 0. The van der Waals surface area contributed by atoms with Crippen LogP contribution in [0.4, 0.5) is 0 Å². The maximum Gasteiger partial charge on any atom is 0.116 e. The van der Waals surface area contributed by atoms with Crippen LogP contribution in [-0.2, 0) is 4.74 Å². The van der Waals surface area contributed by atoms with E-state index in [1.807, 2.05) is 6.92 Å². The molecule has 50 valence electrons. The Morgan fingerprint density at radius 3 is 2.56 bits per heavy atom. The topological polar surface area (TPSA) is 9.23 Å². The Balaban J connectivity index is 2.74. The molecule has 1 heteroatoms. The van der Waals surface area contributed by atoms with E-state index in [-0.39, 0.29) is 6.10 Å². The van der Waals surface area contributed by atoms with Crippen LogP contribution in [0.1, 0.15) is 20.8 Å². The maximum atomic E-state index is 5.27. The Kier molecular flexibility index (Phi) is 1.60. The van der Waals surface area contributed by atoms with Crippen LogP contribution in [0.3, 0.4) is 0 Å². The highest BCUT2D eigenvalue weighted by molar-refractivity contribution is 5.24. The first-order valence-electron chi connectivity index (χ1n) is 3.20. The molecule has 0 aromatic carbocycles. The quantitative estimate of drug-likeness (QED) is 0.481. The van der Waals surface area contributed by atoms with Crippen molar-refractivity contribution >= 4 is 0 Å². The van der Waals surface area contributed by atoms with Crippen molar-refractivity contribution in [1.29, 1.82) is 0 Å². The Labute approximate surface area is 56.0 Å².